The number of aryl methyl sites for hydroxylation is 1. The number of nitrogens with zero attached hydrogens (tertiary/aromatic N) is 3. The van der Waals surface area contributed by atoms with Crippen molar-refractivity contribution in [1.82, 2.24) is 14.7 Å². The Hall–Kier alpha value is -2.30. The Morgan fingerprint density at radius 2 is 2.20 bits per heavy atom. The molecule has 1 aromatic heterocycles. The summed E-state index contributed by atoms with van der Waals surface area (Å²) >= 11 is 0. The Bertz CT molecular complexity index is 603. The molecule has 106 valence electrons. The standard InChI is InChI=1S/C15H20N4O/c1-11(2)19(9-12-5-4-6-14(16)7-12)15(20)13-8-17-18(3)10-13/h4-8,10-11H,9,16H2,1-3H3. The molecule has 0 spiro atoms. The van der Waals surface area contributed by atoms with E-state index in [9.17, 15) is 4.79 Å². The van der Waals surface area contributed by atoms with Crippen LogP contribution in [0.5, 0.6) is 0 Å². The molecule has 0 bridgehead atoms. The zero-order chi connectivity index (χ0) is 14.7. The molecule has 1 heterocycles. The molecular weight excluding hydrogens is 252 g/mol. The van der Waals surface area contributed by atoms with Gasteiger partial charge < -0.3 is 10.6 Å². The van der Waals surface area contributed by atoms with Gasteiger partial charge in [0, 0.05) is 31.5 Å². The summed E-state index contributed by atoms with van der Waals surface area (Å²) in [6.45, 7) is 4.54. The van der Waals surface area contributed by atoms with Crippen LogP contribution in [0.2, 0.25) is 0 Å². The van der Waals surface area contributed by atoms with Crippen molar-refractivity contribution in [3.8, 4) is 0 Å². The second kappa shape index (κ2) is 5.77. The quantitative estimate of drug-likeness (QED) is 0.866. The predicted octanol–water partition coefficient (Wildman–Crippen LogP) is 2.05. The molecule has 1 aromatic carbocycles. The maximum atomic E-state index is 12.5. The number of nitrogen functional groups attached to an aromatic ring is 1. The van der Waals surface area contributed by atoms with Crippen LogP contribution in [-0.4, -0.2) is 26.6 Å². The molecule has 0 aliphatic rings. The average molecular weight is 272 g/mol. The maximum absolute atomic E-state index is 12.5. The highest BCUT2D eigenvalue weighted by molar-refractivity contribution is 5.93. The third-order valence-corrected chi connectivity index (χ3v) is 3.14. The first kappa shape index (κ1) is 14.1. The van der Waals surface area contributed by atoms with Gasteiger partial charge in [-0.05, 0) is 31.5 Å². The average Bonchev–Trinajstić information content (AvgIpc) is 2.82. The lowest BCUT2D eigenvalue weighted by Gasteiger charge is -2.26. The van der Waals surface area contributed by atoms with Crippen molar-refractivity contribution >= 4 is 11.6 Å². The van der Waals surface area contributed by atoms with Gasteiger partial charge in [0.1, 0.15) is 0 Å². The summed E-state index contributed by atoms with van der Waals surface area (Å²) in [4.78, 5) is 14.3. The first-order chi connectivity index (χ1) is 9.47. The van der Waals surface area contributed by atoms with Gasteiger partial charge in [-0.1, -0.05) is 12.1 Å². The fourth-order valence-corrected chi connectivity index (χ4v) is 2.07. The second-order valence-electron chi connectivity index (χ2n) is 5.17. The van der Waals surface area contributed by atoms with Gasteiger partial charge in [0.2, 0.25) is 0 Å². The Morgan fingerprint density at radius 3 is 2.75 bits per heavy atom. The Morgan fingerprint density at radius 1 is 1.45 bits per heavy atom. The van der Waals surface area contributed by atoms with Crippen LogP contribution in [0.25, 0.3) is 0 Å². The minimum atomic E-state index is -0.0180. The first-order valence-corrected chi connectivity index (χ1v) is 6.61. The van der Waals surface area contributed by atoms with Crippen LogP contribution in [0.3, 0.4) is 0 Å². The lowest BCUT2D eigenvalue weighted by atomic mass is 10.1. The summed E-state index contributed by atoms with van der Waals surface area (Å²) in [6.07, 6.45) is 3.33. The largest absolute Gasteiger partial charge is 0.399 e. The Kier molecular flexibility index (Phi) is 4.08. The van der Waals surface area contributed by atoms with E-state index in [2.05, 4.69) is 5.10 Å². The number of benzene rings is 1. The topological polar surface area (TPSA) is 64.2 Å². The molecule has 0 radical (unpaired) electrons. The van der Waals surface area contributed by atoms with Gasteiger partial charge in [-0.25, -0.2) is 0 Å². The summed E-state index contributed by atoms with van der Waals surface area (Å²) in [5.74, 6) is -0.0180. The SMILES string of the molecule is CC(C)N(Cc1cccc(N)c1)C(=O)c1cnn(C)c1. The number of hydrogen-bond donors (Lipinski definition) is 1. The normalized spacial score (nSPS) is 10.8. The van der Waals surface area contributed by atoms with Crippen molar-refractivity contribution in [2.45, 2.75) is 26.4 Å². The maximum Gasteiger partial charge on any atom is 0.257 e. The number of nitrogens with two attached hydrogens (primary N) is 1. The van der Waals surface area contributed by atoms with E-state index in [4.69, 9.17) is 5.73 Å². The third-order valence-electron chi connectivity index (χ3n) is 3.14. The van der Waals surface area contributed by atoms with Crippen LogP contribution >= 0.6 is 0 Å². The highest BCUT2D eigenvalue weighted by atomic mass is 16.2. The summed E-state index contributed by atoms with van der Waals surface area (Å²) in [6, 6.07) is 7.71. The molecule has 0 aliphatic carbocycles. The molecule has 0 saturated heterocycles. The van der Waals surface area contributed by atoms with E-state index < -0.39 is 0 Å². The van der Waals surface area contributed by atoms with Crippen molar-refractivity contribution in [2.75, 3.05) is 5.73 Å². The predicted molar refractivity (Wildman–Crippen MR) is 79.1 cm³/mol. The molecule has 2 N–H and O–H groups in total. The summed E-state index contributed by atoms with van der Waals surface area (Å²) < 4.78 is 1.63. The van der Waals surface area contributed by atoms with E-state index in [1.54, 1.807) is 24.1 Å². The van der Waals surface area contributed by atoms with E-state index in [1.807, 2.05) is 43.0 Å². The summed E-state index contributed by atoms with van der Waals surface area (Å²) in [7, 11) is 1.80. The van der Waals surface area contributed by atoms with E-state index in [0.717, 1.165) is 5.56 Å². The van der Waals surface area contributed by atoms with Crippen LogP contribution in [0.15, 0.2) is 36.7 Å². The monoisotopic (exact) mass is 272 g/mol. The van der Waals surface area contributed by atoms with Crippen LogP contribution < -0.4 is 5.73 Å². The zero-order valence-corrected chi connectivity index (χ0v) is 12.1. The molecule has 5 nitrogen and oxygen atoms in total. The molecule has 0 saturated carbocycles. The number of hydrogen-bond acceptors (Lipinski definition) is 3. The van der Waals surface area contributed by atoms with E-state index in [-0.39, 0.29) is 11.9 Å². The van der Waals surface area contributed by atoms with Crippen molar-refractivity contribution in [3.63, 3.8) is 0 Å². The fraction of sp³-hybridized carbons (Fsp3) is 0.333. The molecule has 0 fully saturated rings. The number of anilines is 1. The van der Waals surface area contributed by atoms with Crippen molar-refractivity contribution < 1.29 is 4.79 Å². The van der Waals surface area contributed by atoms with E-state index in [1.165, 1.54) is 0 Å². The van der Waals surface area contributed by atoms with Crippen LogP contribution in [0.4, 0.5) is 5.69 Å². The molecule has 5 heteroatoms. The minimum absolute atomic E-state index is 0.0180. The number of amides is 1. The van der Waals surface area contributed by atoms with Crippen molar-refractivity contribution in [1.29, 1.82) is 0 Å². The Labute approximate surface area is 119 Å². The summed E-state index contributed by atoms with van der Waals surface area (Å²) in [5, 5.41) is 4.05. The van der Waals surface area contributed by atoms with Crippen molar-refractivity contribution in [3.05, 3.63) is 47.8 Å². The lowest BCUT2D eigenvalue weighted by molar-refractivity contribution is 0.0690. The van der Waals surface area contributed by atoms with Gasteiger partial charge in [-0.3, -0.25) is 9.48 Å². The van der Waals surface area contributed by atoms with Gasteiger partial charge >= 0.3 is 0 Å². The molecule has 0 unspecified atom stereocenters. The molecule has 0 atom stereocenters. The molecule has 2 rings (SSSR count). The highest BCUT2D eigenvalue weighted by Gasteiger charge is 2.20. The third kappa shape index (κ3) is 3.17. The molecular formula is C15H20N4O. The zero-order valence-electron chi connectivity index (χ0n) is 12.1. The van der Waals surface area contributed by atoms with Crippen LogP contribution in [0, 0.1) is 0 Å². The van der Waals surface area contributed by atoms with Gasteiger partial charge in [0.25, 0.3) is 5.91 Å². The summed E-state index contributed by atoms with van der Waals surface area (Å²) in [5.41, 5.74) is 8.12. The van der Waals surface area contributed by atoms with Crippen LogP contribution in [-0.2, 0) is 13.6 Å². The molecule has 0 aliphatic heterocycles. The van der Waals surface area contributed by atoms with Gasteiger partial charge in [-0.15, -0.1) is 0 Å². The van der Waals surface area contributed by atoms with Gasteiger partial charge in [0.05, 0.1) is 11.8 Å². The number of rotatable bonds is 4. The van der Waals surface area contributed by atoms with Crippen LogP contribution in [0.1, 0.15) is 29.8 Å². The lowest BCUT2D eigenvalue weighted by Crippen LogP contribution is -2.36. The first-order valence-electron chi connectivity index (χ1n) is 6.61. The number of carbonyl (C=O) groups excluding carboxylic acids is 1. The molecule has 1 amide bonds. The number of carbonyl (C=O) groups is 1. The fourth-order valence-electron chi connectivity index (χ4n) is 2.07. The highest BCUT2D eigenvalue weighted by Crippen LogP contribution is 2.14. The van der Waals surface area contributed by atoms with Crippen molar-refractivity contribution in [2.24, 2.45) is 7.05 Å². The Balaban J connectivity index is 2.21. The van der Waals surface area contributed by atoms with E-state index >= 15 is 0 Å². The van der Waals surface area contributed by atoms with E-state index in [0.29, 0.717) is 17.8 Å². The van der Waals surface area contributed by atoms with Gasteiger partial charge in [0.15, 0.2) is 0 Å². The molecule has 2 aromatic rings. The smallest absolute Gasteiger partial charge is 0.257 e. The molecule has 20 heavy (non-hydrogen) atoms. The number of aromatic nitrogens is 2. The minimum Gasteiger partial charge on any atom is -0.399 e. The second-order valence-corrected chi connectivity index (χ2v) is 5.17. The van der Waals surface area contributed by atoms with Gasteiger partial charge in [-0.2, -0.15) is 5.10 Å².